The molecule has 8 heteroatoms. The zero-order valence-corrected chi connectivity index (χ0v) is 14.9. The molecule has 1 aliphatic heterocycles. The number of rotatable bonds is 4. The van der Waals surface area contributed by atoms with Crippen molar-refractivity contribution in [3.8, 4) is 5.69 Å². The topological polar surface area (TPSA) is 73.1 Å². The number of benzene rings is 1. The number of carbonyl (C=O) groups excluding carboxylic acids is 1. The van der Waals surface area contributed by atoms with Crippen LogP contribution in [0.3, 0.4) is 0 Å². The molecule has 0 radical (unpaired) electrons. The van der Waals surface area contributed by atoms with Crippen LogP contribution in [0.15, 0.2) is 29.4 Å². The third-order valence-electron chi connectivity index (χ3n) is 3.88. The standard InChI is InChI=1S/C16H21N5O2S/c1-11-6-4-5-7-14(11)21-16(17-18-19-21)24-10-15(22)20-8-12(2)23-13(3)9-20/h4-7,12-13H,8-10H2,1-3H3/t12-,13+. The van der Waals surface area contributed by atoms with E-state index in [1.165, 1.54) is 11.8 Å². The van der Waals surface area contributed by atoms with Gasteiger partial charge in [0.2, 0.25) is 11.1 Å². The number of morpholine rings is 1. The highest BCUT2D eigenvalue weighted by Gasteiger charge is 2.26. The molecular weight excluding hydrogens is 326 g/mol. The fraction of sp³-hybridized carbons (Fsp3) is 0.500. The minimum atomic E-state index is 0.0694. The number of nitrogens with zero attached hydrogens (tertiary/aromatic N) is 5. The SMILES string of the molecule is Cc1ccccc1-n1nnnc1SCC(=O)N1C[C@@H](C)O[C@@H](C)C1. The molecule has 1 fully saturated rings. The second-order valence-corrected chi connectivity index (χ2v) is 6.95. The molecule has 0 N–H and O–H groups in total. The third-order valence-corrected chi connectivity index (χ3v) is 4.79. The Morgan fingerprint density at radius 3 is 2.71 bits per heavy atom. The Morgan fingerprint density at radius 2 is 2.00 bits per heavy atom. The quantitative estimate of drug-likeness (QED) is 0.784. The van der Waals surface area contributed by atoms with E-state index in [0.717, 1.165) is 11.3 Å². The lowest BCUT2D eigenvalue weighted by Crippen LogP contribution is -2.48. The minimum Gasteiger partial charge on any atom is -0.372 e. The molecule has 3 rings (SSSR count). The first-order chi connectivity index (χ1) is 11.5. The van der Waals surface area contributed by atoms with Gasteiger partial charge in [0, 0.05) is 13.1 Å². The van der Waals surface area contributed by atoms with E-state index in [2.05, 4.69) is 15.5 Å². The van der Waals surface area contributed by atoms with Crippen LogP contribution in [-0.2, 0) is 9.53 Å². The van der Waals surface area contributed by atoms with Gasteiger partial charge in [-0.15, -0.1) is 5.10 Å². The molecule has 1 aromatic heterocycles. The van der Waals surface area contributed by atoms with E-state index in [1.807, 2.05) is 49.9 Å². The molecular formula is C16H21N5O2S. The summed E-state index contributed by atoms with van der Waals surface area (Å²) in [6.45, 7) is 7.25. The van der Waals surface area contributed by atoms with Crippen LogP contribution in [-0.4, -0.2) is 62.1 Å². The van der Waals surface area contributed by atoms with Gasteiger partial charge in [-0.3, -0.25) is 4.79 Å². The molecule has 2 heterocycles. The summed E-state index contributed by atoms with van der Waals surface area (Å²) in [5, 5.41) is 12.5. The van der Waals surface area contributed by atoms with E-state index in [-0.39, 0.29) is 18.1 Å². The molecule has 0 aliphatic carbocycles. The summed E-state index contributed by atoms with van der Waals surface area (Å²) >= 11 is 1.36. The number of para-hydroxylation sites is 1. The summed E-state index contributed by atoms with van der Waals surface area (Å²) < 4.78 is 7.35. The molecule has 2 atom stereocenters. The van der Waals surface area contributed by atoms with Gasteiger partial charge in [-0.2, -0.15) is 4.68 Å². The Kier molecular flexibility index (Phi) is 5.15. The maximum absolute atomic E-state index is 12.5. The number of tetrazole rings is 1. The number of hydrogen-bond acceptors (Lipinski definition) is 6. The van der Waals surface area contributed by atoms with Gasteiger partial charge in [-0.1, -0.05) is 30.0 Å². The second kappa shape index (κ2) is 7.31. The van der Waals surface area contributed by atoms with Crippen molar-refractivity contribution in [2.75, 3.05) is 18.8 Å². The van der Waals surface area contributed by atoms with E-state index < -0.39 is 0 Å². The van der Waals surface area contributed by atoms with Crippen molar-refractivity contribution in [2.45, 2.75) is 38.1 Å². The van der Waals surface area contributed by atoms with Crippen molar-refractivity contribution in [3.63, 3.8) is 0 Å². The first-order valence-electron chi connectivity index (χ1n) is 7.95. The Hall–Kier alpha value is -1.93. The number of aryl methyl sites for hydroxylation is 1. The molecule has 2 aromatic rings. The van der Waals surface area contributed by atoms with Gasteiger partial charge in [-0.05, 0) is 42.8 Å². The summed E-state index contributed by atoms with van der Waals surface area (Å²) in [4.78, 5) is 14.3. The van der Waals surface area contributed by atoms with Gasteiger partial charge in [-0.25, -0.2) is 0 Å². The summed E-state index contributed by atoms with van der Waals surface area (Å²) in [6.07, 6.45) is 0.139. The van der Waals surface area contributed by atoms with Crippen LogP contribution in [0.4, 0.5) is 0 Å². The summed E-state index contributed by atoms with van der Waals surface area (Å²) in [5.74, 6) is 0.396. The molecule has 24 heavy (non-hydrogen) atoms. The molecule has 1 saturated heterocycles. The highest BCUT2D eigenvalue weighted by Crippen LogP contribution is 2.21. The van der Waals surface area contributed by atoms with Crippen molar-refractivity contribution in [1.82, 2.24) is 25.1 Å². The minimum absolute atomic E-state index is 0.0694. The van der Waals surface area contributed by atoms with Crippen LogP contribution in [0.5, 0.6) is 0 Å². The largest absolute Gasteiger partial charge is 0.372 e. The fourth-order valence-corrected chi connectivity index (χ4v) is 3.61. The maximum Gasteiger partial charge on any atom is 0.233 e. The zero-order valence-electron chi connectivity index (χ0n) is 14.0. The number of ether oxygens (including phenoxy) is 1. The van der Waals surface area contributed by atoms with E-state index in [1.54, 1.807) is 4.68 Å². The molecule has 0 unspecified atom stereocenters. The van der Waals surface area contributed by atoms with Crippen LogP contribution in [0.25, 0.3) is 5.69 Å². The number of hydrogen-bond donors (Lipinski definition) is 0. The van der Waals surface area contributed by atoms with Gasteiger partial charge in [0.1, 0.15) is 0 Å². The van der Waals surface area contributed by atoms with Crippen LogP contribution >= 0.6 is 11.8 Å². The Labute approximate surface area is 145 Å². The van der Waals surface area contributed by atoms with Crippen LogP contribution < -0.4 is 0 Å². The predicted molar refractivity (Wildman–Crippen MR) is 91.2 cm³/mol. The van der Waals surface area contributed by atoms with Crippen molar-refractivity contribution < 1.29 is 9.53 Å². The average Bonchev–Trinajstić information content (AvgIpc) is 3.00. The number of thioether (sulfide) groups is 1. The Balaban J connectivity index is 1.67. The summed E-state index contributed by atoms with van der Waals surface area (Å²) in [6, 6.07) is 7.89. The Bertz CT molecular complexity index is 710. The second-order valence-electron chi connectivity index (χ2n) is 6.00. The van der Waals surface area contributed by atoms with Crippen LogP contribution in [0.1, 0.15) is 19.4 Å². The average molecular weight is 347 g/mol. The van der Waals surface area contributed by atoms with Gasteiger partial charge >= 0.3 is 0 Å². The van der Waals surface area contributed by atoms with Crippen molar-refractivity contribution >= 4 is 17.7 Å². The number of amides is 1. The predicted octanol–water partition coefficient (Wildman–Crippen LogP) is 1.70. The Morgan fingerprint density at radius 1 is 1.29 bits per heavy atom. The summed E-state index contributed by atoms with van der Waals surface area (Å²) in [5.41, 5.74) is 2.00. The van der Waals surface area contributed by atoms with E-state index in [9.17, 15) is 4.79 Å². The number of carbonyl (C=O) groups is 1. The maximum atomic E-state index is 12.5. The highest BCUT2D eigenvalue weighted by molar-refractivity contribution is 7.99. The molecule has 1 aliphatic rings. The third kappa shape index (κ3) is 3.76. The molecule has 0 saturated carbocycles. The first kappa shape index (κ1) is 16.9. The van der Waals surface area contributed by atoms with E-state index >= 15 is 0 Å². The van der Waals surface area contributed by atoms with Crippen molar-refractivity contribution in [2.24, 2.45) is 0 Å². The normalized spacial score (nSPS) is 21.0. The van der Waals surface area contributed by atoms with Gasteiger partial charge < -0.3 is 9.64 Å². The number of aromatic nitrogens is 4. The van der Waals surface area contributed by atoms with Gasteiger partial charge in [0.25, 0.3) is 0 Å². The molecule has 128 valence electrons. The molecule has 1 amide bonds. The lowest BCUT2D eigenvalue weighted by atomic mass is 10.2. The van der Waals surface area contributed by atoms with Crippen LogP contribution in [0, 0.1) is 6.92 Å². The lowest BCUT2D eigenvalue weighted by molar-refractivity contribution is -0.140. The molecule has 0 bridgehead atoms. The summed E-state index contributed by atoms with van der Waals surface area (Å²) in [7, 11) is 0. The van der Waals surface area contributed by atoms with Crippen molar-refractivity contribution in [1.29, 1.82) is 0 Å². The smallest absolute Gasteiger partial charge is 0.233 e. The monoisotopic (exact) mass is 347 g/mol. The first-order valence-corrected chi connectivity index (χ1v) is 8.93. The molecule has 0 spiro atoms. The van der Waals surface area contributed by atoms with E-state index in [0.29, 0.717) is 24.0 Å². The molecule has 1 aromatic carbocycles. The fourth-order valence-electron chi connectivity index (χ4n) is 2.82. The van der Waals surface area contributed by atoms with Crippen LogP contribution in [0.2, 0.25) is 0 Å². The molecule has 7 nitrogen and oxygen atoms in total. The van der Waals surface area contributed by atoms with Gasteiger partial charge in [0.05, 0.1) is 23.6 Å². The van der Waals surface area contributed by atoms with E-state index in [4.69, 9.17) is 4.74 Å². The van der Waals surface area contributed by atoms with Gasteiger partial charge in [0.15, 0.2) is 0 Å². The zero-order chi connectivity index (χ0) is 17.1. The highest BCUT2D eigenvalue weighted by atomic mass is 32.2. The lowest BCUT2D eigenvalue weighted by Gasteiger charge is -2.35. The van der Waals surface area contributed by atoms with Crippen molar-refractivity contribution in [3.05, 3.63) is 29.8 Å².